The molecular weight excluding hydrogens is 272 g/mol. The van der Waals surface area contributed by atoms with Crippen LogP contribution in [0.2, 0.25) is 0 Å². The number of hydrogen-bond acceptors (Lipinski definition) is 4. The number of aromatic amines is 1. The van der Waals surface area contributed by atoms with Gasteiger partial charge in [-0.1, -0.05) is 6.07 Å². The summed E-state index contributed by atoms with van der Waals surface area (Å²) < 4.78 is 4.55. The Labute approximate surface area is 121 Å². The number of imidazole rings is 1. The molecule has 0 unspecified atom stereocenters. The first-order chi connectivity index (χ1) is 9.75. The van der Waals surface area contributed by atoms with Crippen molar-refractivity contribution in [3.63, 3.8) is 0 Å². The summed E-state index contributed by atoms with van der Waals surface area (Å²) in [4.78, 5) is 8.63. The van der Waals surface area contributed by atoms with Gasteiger partial charge in [0, 0.05) is 38.6 Å². The molecule has 3 rings (SSSR count). The third-order valence-electron chi connectivity index (χ3n) is 3.13. The van der Waals surface area contributed by atoms with E-state index in [-0.39, 0.29) is 0 Å². The van der Waals surface area contributed by atoms with Gasteiger partial charge in [0.1, 0.15) is 11.5 Å². The second-order valence-corrected chi connectivity index (χ2v) is 4.81. The van der Waals surface area contributed by atoms with E-state index in [1.165, 1.54) is 0 Å². The van der Waals surface area contributed by atoms with Crippen molar-refractivity contribution in [2.75, 3.05) is 0 Å². The van der Waals surface area contributed by atoms with Crippen molar-refractivity contribution in [1.82, 2.24) is 29.3 Å². The van der Waals surface area contributed by atoms with E-state index in [4.69, 9.17) is 12.2 Å². The molecule has 0 aliphatic heterocycles. The number of nitrogens with one attached hydrogen (secondary N) is 1. The number of nitrogens with zero attached hydrogens (tertiary/aromatic N) is 5. The SMILES string of the molecule is Cn1ccnc1CCn1c(-c2ccccn2)n[nH]c1=S. The molecular formula is C13H14N6S. The minimum atomic E-state index is 0.597. The zero-order valence-corrected chi connectivity index (χ0v) is 11.8. The molecule has 0 amide bonds. The molecule has 102 valence electrons. The highest BCUT2D eigenvalue weighted by Gasteiger charge is 2.10. The Kier molecular flexibility index (Phi) is 3.42. The van der Waals surface area contributed by atoms with Crippen LogP contribution in [0.15, 0.2) is 36.8 Å². The zero-order chi connectivity index (χ0) is 13.9. The van der Waals surface area contributed by atoms with Gasteiger partial charge in [0.05, 0.1) is 0 Å². The summed E-state index contributed by atoms with van der Waals surface area (Å²) in [7, 11) is 1.98. The summed E-state index contributed by atoms with van der Waals surface area (Å²) in [6, 6.07) is 5.73. The van der Waals surface area contributed by atoms with Gasteiger partial charge in [-0.15, -0.1) is 0 Å². The van der Waals surface area contributed by atoms with Gasteiger partial charge in [-0.25, -0.2) is 4.98 Å². The number of rotatable bonds is 4. The average Bonchev–Trinajstić information content (AvgIpc) is 3.04. The first-order valence-electron chi connectivity index (χ1n) is 6.28. The lowest BCUT2D eigenvalue weighted by molar-refractivity contribution is 0.646. The van der Waals surface area contributed by atoms with Crippen LogP contribution in [-0.2, 0) is 20.0 Å². The molecule has 0 aromatic carbocycles. The maximum Gasteiger partial charge on any atom is 0.195 e. The molecule has 0 aliphatic rings. The molecule has 20 heavy (non-hydrogen) atoms. The zero-order valence-electron chi connectivity index (χ0n) is 11.0. The van der Waals surface area contributed by atoms with Crippen molar-refractivity contribution < 1.29 is 0 Å². The molecule has 1 N–H and O–H groups in total. The van der Waals surface area contributed by atoms with E-state index in [1.54, 1.807) is 12.4 Å². The quantitative estimate of drug-likeness (QED) is 0.745. The smallest absolute Gasteiger partial charge is 0.195 e. The van der Waals surface area contributed by atoms with Gasteiger partial charge >= 0.3 is 0 Å². The van der Waals surface area contributed by atoms with Gasteiger partial charge in [-0.05, 0) is 24.4 Å². The monoisotopic (exact) mass is 286 g/mol. The molecule has 0 radical (unpaired) electrons. The summed E-state index contributed by atoms with van der Waals surface area (Å²) in [5.41, 5.74) is 0.805. The van der Waals surface area contributed by atoms with Gasteiger partial charge in [-0.3, -0.25) is 14.6 Å². The Hall–Kier alpha value is -2.28. The van der Waals surface area contributed by atoms with Crippen molar-refractivity contribution in [3.8, 4) is 11.5 Å². The topological polar surface area (TPSA) is 64.3 Å². The van der Waals surface area contributed by atoms with Crippen molar-refractivity contribution >= 4 is 12.2 Å². The molecule has 0 bridgehead atoms. The lowest BCUT2D eigenvalue weighted by Gasteiger charge is -2.06. The van der Waals surface area contributed by atoms with E-state index in [0.717, 1.165) is 23.8 Å². The molecule has 3 aromatic rings. The van der Waals surface area contributed by atoms with E-state index < -0.39 is 0 Å². The van der Waals surface area contributed by atoms with Crippen LogP contribution in [0.3, 0.4) is 0 Å². The van der Waals surface area contributed by atoms with Gasteiger partial charge in [0.25, 0.3) is 0 Å². The standard InChI is InChI=1S/C13H14N6S/c1-18-9-7-15-11(18)5-8-19-12(16-17-13(19)20)10-4-2-3-6-14-10/h2-4,6-7,9H,5,8H2,1H3,(H,17,20). The molecule has 0 fully saturated rings. The van der Waals surface area contributed by atoms with Gasteiger partial charge in [0.15, 0.2) is 10.6 Å². The highest BCUT2D eigenvalue weighted by Crippen LogP contribution is 2.14. The molecule has 0 atom stereocenters. The molecule has 0 aliphatic carbocycles. The van der Waals surface area contributed by atoms with E-state index in [2.05, 4.69) is 20.2 Å². The van der Waals surface area contributed by atoms with Gasteiger partial charge in [0.2, 0.25) is 0 Å². The molecule has 6 nitrogen and oxygen atoms in total. The number of aryl methyl sites for hydroxylation is 2. The van der Waals surface area contributed by atoms with Crippen LogP contribution in [0.1, 0.15) is 5.82 Å². The minimum Gasteiger partial charge on any atom is -0.338 e. The maximum absolute atomic E-state index is 5.29. The highest BCUT2D eigenvalue weighted by molar-refractivity contribution is 7.71. The summed E-state index contributed by atoms with van der Waals surface area (Å²) in [5, 5.41) is 7.09. The van der Waals surface area contributed by atoms with E-state index in [9.17, 15) is 0 Å². The third-order valence-corrected chi connectivity index (χ3v) is 3.44. The molecule has 0 saturated carbocycles. The van der Waals surface area contributed by atoms with E-state index in [0.29, 0.717) is 11.3 Å². The Morgan fingerprint density at radius 1 is 1.25 bits per heavy atom. The van der Waals surface area contributed by atoms with Gasteiger partial charge < -0.3 is 4.57 Å². The van der Waals surface area contributed by atoms with Crippen LogP contribution in [0, 0.1) is 4.77 Å². The fourth-order valence-electron chi connectivity index (χ4n) is 2.06. The second kappa shape index (κ2) is 5.38. The summed E-state index contributed by atoms with van der Waals surface area (Å²) >= 11 is 5.29. The summed E-state index contributed by atoms with van der Waals surface area (Å²) in [5.74, 6) is 1.77. The molecule has 3 heterocycles. The largest absolute Gasteiger partial charge is 0.338 e. The third kappa shape index (κ3) is 2.39. The lowest BCUT2D eigenvalue weighted by atomic mass is 10.3. The van der Waals surface area contributed by atoms with Crippen LogP contribution in [0.5, 0.6) is 0 Å². The lowest BCUT2D eigenvalue weighted by Crippen LogP contribution is -2.07. The van der Waals surface area contributed by atoms with Crippen LogP contribution in [0.4, 0.5) is 0 Å². The Morgan fingerprint density at radius 2 is 2.15 bits per heavy atom. The van der Waals surface area contributed by atoms with E-state index in [1.807, 2.05) is 40.6 Å². The Bertz CT molecular complexity index is 755. The molecule has 0 saturated heterocycles. The number of aromatic nitrogens is 6. The molecule has 7 heteroatoms. The normalized spacial score (nSPS) is 10.8. The predicted octanol–water partition coefficient (Wildman–Crippen LogP) is 1.98. The fraction of sp³-hybridized carbons (Fsp3) is 0.231. The van der Waals surface area contributed by atoms with E-state index >= 15 is 0 Å². The first kappa shape index (κ1) is 12.7. The first-order valence-corrected chi connectivity index (χ1v) is 6.69. The molecule has 3 aromatic heterocycles. The van der Waals surface area contributed by atoms with Crippen LogP contribution < -0.4 is 0 Å². The van der Waals surface area contributed by atoms with Crippen molar-refractivity contribution in [2.45, 2.75) is 13.0 Å². The predicted molar refractivity (Wildman–Crippen MR) is 77.6 cm³/mol. The van der Waals surface area contributed by atoms with Crippen molar-refractivity contribution in [3.05, 3.63) is 47.4 Å². The van der Waals surface area contributed by atoms with Crippen molar-refractivity contribution in [2.24, 2.45) is 7.05 Å². The minimum absolute atomic E-state index is 0.597. The van der Waals surface area contributed by atoms with Crippen molar-refractivity contribution in [1.29, 1.82) is 0 Å². The van der Waals surface area contributed by atoms with Crippen LogP contribution in [0.25, 0.3) is 11.5 Å². The fourth-order valence-corrected chi connectivity index (χ4v) is 2.29. The van der Waals surface area contributed by atoms with Crippen LogP contribution >= 0.6 is 12.2 Å². The second-order valence-electron chi connectivity index (χ2n) is 4.42. The maximum atomic E-state index is 5.29. The number of pyridine rings is 1. The van der Waals surface area contributed by atoms with Crippen LogP contribution in [-0.4, -0.2) is 29.3 Å². The molecule has 0 spiro atoms. The number of hydrogen-bond donors (Lipinski definition) is 1. The highest BCUT2D eigenvalue weighted by atomic mass is 32.1. The Morgan fingerprint density at radius 3 is 2.85 bits per heavy atom. The summed E-state index contributed by atoms with van der Waals surface area (Å²) in [6.07, 6.45) is 6.26. The summed E-state index contributed by atoms with van der Waals surface area (Å²) in [6.45, 7) is 0.714. The number of H-pyrrole nitrogens is 1. The Balaban J connectivity index is 1.89. The van der Waals surface area contributed by atoms with Gasteiger partial charge in [-0.2, -0.15) is 5.10 Å². The average molecular weight is 286 g/mol.